The second-order valence-corrected chi connectivity index (χ2v) is 6.39. The fourth-order valence-electron chi connectivity index (χ4n) is 3.31. The van der Waals surface area contributed by atoms with Crippen LogP contribution in [0.1, 0.15) is 69.5 Å². The van der Waals surface area contributed by atoms with Gasteiger partial charge in [0.1, 0.15) is 0 Å². The molecule has 4 heteroatoms. The summed E-state index contributed by atoms with van der Waals surface area (Å²) in [7, 11) is 0. The predicted octanol–water partition coefficient (Wildman–Crippen LogP) is 3.03. The summed E-state index contributed by atoms with van der Waals surface area (Å²) in [6, 6.07) is 0.211. The van der Waals surface area contributed by atoms with Crippen LogP contribution in [0.3, 0.4) is 0 Å². The zero-order valence-corrected chi connectivity index (χ0v) is 11.8. The molecule has 1 aromatic rings. The molecule has 1 aromatic heterocycles. The normalized spacial score (nSPS) is 29.4. The molecule has 0 spiro atoms. The third-order valence-electron chi connectivity index (χ3n) is 4.85. The maximum Gasteiger partial charge on any atom is 0.228 e. The summed E-state index contributed by atoms with van der Waals surface area (Å²) in [5.41, 5.74) is 6.11. The smallest absolute Gasteiger partial charge is 0.228 e. The maximum atomic E-state index is 6.11. The van der Waals surface area contributed by atoms with Crippen molar-refractivity contribution in [1.29, 1.82) is 0 Å². The first-order valence-corrected chi connectivity index (χ1v) is 7.84. The third kappa shape index (κ3) is 3.16. The highest BCUT2D eigenvalue weighted by molar-refractivity contribution is 5.00. The summed E-state index contributed by atoms with van der Waals surface area (Å²) in [5.74, 6) is 3.71. The van der Waals surface area contributed by atoms with Crippen molar-refractivity contribution in [2.45, 2.75) is 70.3 Å². The van der Waals surface area contributed by atoms with E-state index in [0.29, 0.717) is 11.8 Å². The van der Waals surface area contributed by atoms with Crippen LogP contribution in [0.25, 0.3) is 0 Å². The number of hydrogen-bond donors (Lipinski definition) is 1. The molecular weight excluding hydrogens is 238 g/mol. The Kier molecular flexibility index (Phi) is 3.87. The van der Waals surface area contributed by atoms with Crippen LogP contribution < -0.4 is 5.73 Å². The standard InChI is InChI=1S/C15H25N3O/c1-2-10-4-3-5-12(8-10)15-17-14(19-18-15)9-13(16)11-6-7-11/h10-13H,2-9,16H2,1H3. The number of hydrogen-bond acceptors (Lipinski definition) is 4. The molecule has 1 heterocycles. The SMILES string of the molecule is CCC1CCCC(c2noc(CC(N)C3CC3)n2)C1. The fourth-order valence-corrected chi connectivity index (χ4v) is 3.31. The van der Waals surface area contributed by atoms with Gasteiger partial charge in [-0.3, -0.25) is 0 Å². The van der Waals surface area contributed by atoms with E-state index in [0.717, 1.165) is 24.1 Å². The van der Waals surface area contributed by atoms with E-state index in [1.807, 2.05) is 0 Å². The van der Waals surface area contributed by atoms with E-state index in [-0.39, 0.29) is 6.04 Å². The molecule has 106 valence electrons. The molecule has 4 nitrogen and oxygen atoms in total. The zero-order chi connectivity index (χ0) is 13.2. The minimum atomic E-state index is 0.211. The molecule has 0 saturated heterocycles. The molecule has 2 N–H and O–H groups in total. The van der Waals surface area contributed by atoms with E-state index in [1.165, 1.54) is 44.9 Å². The molecule has 0 amide bonds. The molecule has 2 saturated carbocycles. The average Bonchev–Trinajstić information content (AvgIpc) is 3.20. The second-order valence-electron chi connectivity index (χ2n) is 6.39. The summed E-state index contributed by atoms with van der Waals surface area (Å²) >= 11 is 0. The molecule has 0 radical (unpaired) electrons. The zero-order valence-electron chi connectivity index (χ0n) is 11.8. The first-order valence-electron chi connectivity index (χ1n) is 7.84. The van der Waals surface area contributed by atoms with Crippen LogP contribution in [0.2, 0.25) is 0 Å². The Morgan fingerprint density at radius 3 is 2.89 bits per heavy atom. The highest BCUT2D eigenvalue weighted by Gasteiger charge is 2.31. The first kappa shape index (κ1) is 13.1. The molecule has 3 atom stereocenters. The van der Waals surface area contributed by atoms with Crippen LogP contribution in [0.15, 0.2) is 4.52 Å². The van der Waals surface area contributed by atoms with Crippen LogP contribution >= 0.6 is 0 Å². The van der Waals surface area contributed by atoms with Gasteiger partial charge in [0, 0.05) is 18.4 Å². The van der Waals surface area contributed by atoms with Crippen LogP contribution in [0, 0.1) is 11.8 Å². The Bertz CT molecular complexity index is 413. The predicted molar refractivity (Wildman–Crippen MR) is 73.7 cm³/mol. The van der Waals surface area contributed by atoms with Gasteiger partial charge in [0.25, 0.3) is 0 Å². The Balaban J connectivity index is 1.60. The van der Waals surface area contributed by atoms with Crippen molar-refractivity contribution in [1.82, 2.24) is 10.1 Å². The molecule has 0 aromatic carbocycles. The summed E-state index contributed by atoms with van der Waals surface area (Å²) in [5, 5.41) is 4.20. The van der Waals surface area contributed by atoms with Gasteiger partial charge in [-0.25, -0.2) is 0 Å². The van der Waals surface area contributed by atoms with E-state index in [2.05, 4.69) is 17.1 Å². The molecule has 0 aliphatic heterocycles. The first-order chi connectivity index (χ1) is 9.26. The van der Waals surface area contributed by atoms with Crippen LogP contribution in [-0.4, -0.2) is 16.2 Å². The lowest BCUT2D eigenvalue weighted by Gasteiger charge is -2.26. The molecule has 2 aliphatic carbocycles. The number of nitrogens with two attached hydrogens (primary N) is 1. The van der Waals surface area contributed by atoms with Crippen molar-refractivity contribution in [2.24, 2.45) is 17.6 Å². The van der Waals surface area contributed by atoms with Gasteiger partial charge in [-0.15, -0.1) is 0 Å². The molecule has 0 bridgehead atoms. The third-order valence-corrected chi connectivity index (χ3v) is 4.85. The number of aromatic nitrogens is 2. The second kappa shape index (κ2) is 5.61. The fraction of sp³-hybridized carbons (Fsp3) is 0.867. The molecule has 2 fully saturated rings. The van der Waals surface area contributed by atoms with E-state index in [9.17, 15) is 0 Å². The monoisotopic (exact) mass is 263 g/mol. The van der Waals surface area contributed by atoms with E-state index in [4.69, 9.17) is 10.3 Å². The van der Waals surface area contributed by atoms with Crippen molar-refractivity contribution in [3.05, 3.63) is 11.7 Å². The highest BCUT2D eigenvalue weighted by atomic mass is 16.5. The van der Waals surface area contributed by atoms with Gasteiger partial charge in [0.2, 0.25) is 5.89 Å². The molecular formula is C15H25N3O. The quantitative estimate of drug-likeness (QED) is 0.886. The molecule has 3 rings (SSSR count). The number of nitrogens with zero attached hydrogens (tertiary/aromatic N) is 2. The summed E-state index contributed by atoms with van der Waals surface area (Å²) in [4.78, 5) is 4.60. The largest absolute Gasteiger partial charge is 0.339 e. The molecule has 3 unspecified atom stereocenters. The van der Waals surface area contributed by atoms with Gasteiger partial charge in [0.15, 0.2) is 5.82 Å². The Morgan fingerprint density at radius 1 is 1.32 bits per heavy atom. The molecule has 19 heavy (non-hydrogen) atoms. The summed E-state index contributed by atoms with van der Waals surface area (Å²) < 4.78 is 5.39. The number of rotatable bonds is 5. The van der Waals surface area contributed by atoms with E-state index >= 15 is 0 Å². The van der Waals surface area contributed by atoms with Gasteiger partial charge in [-0.2, -0.15) is 4.98 Å². The van der Waals surface area contributed by atoms with Gasteiger partial charge in [-0.05, 0) is 37.5 Å². The minimum absolute atomic E-state index is 0.211. The van der Waals surface area contributed by atoms with Crippen molar-refractivity contribution >= 4 is 0 Å². The lowest BCUT2D eigenvalue weighted by molar-refractivity contribution is 0.297. The van der Waals surface area contributed by atoms with Gasteiger partial charge < -0.3 is 10.3 Å². The van der Waals surface area contributed by atoms with Gasteiger partial charge in [-0.1, -0.05) is 31.3 Å². The Labute approximate surface area is 115 Å². The lowest BCUT2D eigenvalue weighted by Crippen LogP contribution is -2.25. The Hall–Kier alpha value is -0.900. The average molecular weight is 263 g/mol. The van der Waals surface area contributed by atoms with Gasteiger partial charge in [0.05, 0.1) is 0 Å². The Morgan fingerprint density at radius 2 is 2.16 bits per heavy atom. The highest BCUT2D eigenvalue weighted by Crippen LogP contribution is 2.36. The van der Waals surface area contributed by atoms with Crippen LogP contribution in [0.5, 0.6) is 0 Å². The lowest BCUT2D eigenvalue weighted by atomic mass is 9.80. The minimum Gasteiger partial charge on any atom is -0.339 e. The van der Waals surface area contributed by atoms with Crippen molar-refractivity contribution < 1.29 is 4.52 Å². The molecule has 2 aliphatic rings. The van der Waals surface area contributed by atoms with Crippen molar-refractivity contribution in [3.8, 4) is 0 Å². The van der Waals surface area contributed by atoms with E-state index < -0.39 is 0 Å². The maximum absolute atomic E-state index is 6.11. The topological polar surface area (TPSA) is 64.9 Å². The summed E-state index contributed by atoms with van der Waals surface area (Å²) in [6.07, 6.45) is 9.66. The van der Waals surface area contributed by atoms with Crippen LogP contribution in [0.4, 0.5) is 0 Å². The van der Waals surface area contributed by atoms with Crippen molar-refractivity contribution in [2.75, 3.05) is 0 Å². The van der Waals surface area contributed by atoms with E-state index in [1.54, 1.807) is 0 Å². The van der Waals surface area contributed by atoms with Crippen molar-refractivity contribution in [3.63, 3.8) is 0 Å². The summed E-state index contributed by atoms with van der Waals surface area (Å²) in [6.45, 7) is 2.28. The van der Waals surface area contributed by atoms with Gasteiger partial charge >= 0.3 is 0 Å². The van der Waals surface area contributed by atoms with Crippen LogP contribution in [-0.2, 0) is 6.42 Å².